The van der Waals surface area contributed by atoms with Gasteiger partial charge in [-0.2, -0.15) is 5.10 Å². The van der Waals surface area contributed by atoms with E-state index >= 15 is 0 Å². The van der Waals surface area contributed by atoms with Crippen molar-refractivity contribution in [3.05, 3.63) is 30.3 Å². The topological polar surface area (TPSA) is 70.7 Å². The van der Waals surface area contributed by atoms with Gasteiger partial charge in [-0.15, -0.1) is 0 Å². The molecule has 0 aliphatic carbocycles. The number of nitrogens with zero attached hydrogens (tertiary/aromatic N) is 2. The summed E-state index contributed by atoms with van der Waals surface area (Å²) in [7, 11) is 0. The zero-order valence-electron chi connectivity index (χ0n) is 8.49. The lowest BCUT2D eigenvalue weighted by Gasteiger charge is -2.08. The van der Waals surface area contributed by atoms with E-state index in [1.54, 1.807) is 6.07 Å². The summed E-state index contributed by atoms with van der Waals surface area (Å²) in [5, 5.41) is 8.74. The van der Waals surface area contributed by atoms with Crippen LogP contribution in [-0.4, -0.2) is 21.1 Å². The molecule has 1 aromatic carbocycles. The van der Waals surface area contributed by atoms with Crippen molar-refractivity contribution in [1.82, 2.24) is 15.2 Å². The maximum Gasteiger partial charge on any atom is 0.221 e. The average Bonchev–Trinajstić information content (AvgIpc) is 2.69. The zero-order chi connectivity index (χ0) is 11.5. The lowest BCUT2D eigenvalue weighted by atomic mass is 10.1. The van der Waals surface area contributed by atoms with Crippen LogP contribution in [0.3, 0.4) is 0 Å². The van der Waals surface area contributed by atoms with Crippen LogP contribution in [0.1, 0.15) is 6.92 Å². The Labute approximate surface area is 90.7 Å². The third-order valence-corrected chi connectivity index (χ3v) is 1.98. The number of anilines is 1. The van der Waals surface area contributed by atoms with Crippen molar-refractivity contribution >= 4 is 11.6 Å². The smallest absolute Gasteiger partial charge is 0.221 e. The molecular weight excluding hydrogens is 211 g/mol. The van der Waals surface area contributed by atoms with Crippen LogP contribution >= 0.6 is 0 Å². The number of carbonyl (C=O) groups is 1. The minimum absolute atomic E-state index is 0.204. The number of hydrogen-bond donors (Lipinski definition) is 2. The predicted molar refractivity (Wildman–Crippen MR) is 56.1 cm³/mol. The van der Waals surface area contributed by atoms with E-state index in [4.69, 9.17) is 0 Å². The summed E-state index contributed by atoms with van der Waals surface area (Å²) in [5.41, 5.74) is 0.569. The second kappa shape index (κ2) is 4.09. The Kier molecular flexibility index (Phi) is 2.63. The molecule has 0 spiro atoms. The van der Waals surface area contributed by atoms with Gasteiger partial charge in [0.25, 0.3) is 0 Å². The van der Waals surface area contributed by atoms with Gasteiger partial charge < -0.3 is 5.32 Å². The molecule has 82 valence electrons. The van der Waals surface area contributed by atoms with E-state index < -0.39 is 5.82 Å². The van der Waals surface area contributed by atoms with Crippen LogP contribution in [0.4, 0.5) is 10.1 Å². The van der Waals surface area contributed by atoms with Crippen LogP contribution in [0.15, 0.2) is 24.5 Å². The molecule has 0 aliphatic rings. The molecule has 1 aromatic heterocycles. The number of nitrogens with one attached hydrogen (secondary N) is 2. The molecular formula is C10H9FN4O. The molecule has 0 bridgehead atoms. The minimum atomic E-state index is -0.469. The number of H-pyrrole nitrogens is 1. The summed E-state index contributed by atoms with van der Waals surface area (Å²) in [4.78, 5) is 14.8. The Morgan fingerprint density at radius 1 is 1.50 bits per heavy atom. The van der Waals surface area contributed by atoms with Crippen LogP contribution < -0.4 is 5.32 Å². The maximum atomic E-state index is 13.6. The van der Waals surface area contributed by atoms with Crippen molar-refractivity contribution in [2.75, 3.05) is 5.32 Å². The van der Waals surface area contributed by atoms with Crippen LogP contribution in [0, 0.1) is 5.82 Å². The molecule has 2 N–H and O–H groups in total. The summed E-state index contributed by atoms with van der Waals surface area (Å²) >= 11 is 0. The number of carbonyl (C=O) groups excluding carboxylic acids is 1. The van der Waals surface area contributed by atoms with Crippen LogP contribution in [0.5, 0.6) is 0 Å². The lowest BCUT2D eigenvalue weighted by Crippen LogP contribution is -2.08. The monoisotopic (exact) mass is 220 g/mol. The molecule has 0 fully saturated rings. The summed E-state index contributed by atoms with van der Waals surface area (Å²) in [5.74, 6) is -0.462. The van der Waals surface area contributed by atoms with Gasteiger partial charge in [0.1, 0.15) is 12.1 Å². The number of hydrogen-bond acceptors (Lipinski definition) is 3. The van der Waals surface area contributed by atoms with E-state index in [-0.39, 0.29) is 17.3 Å². The molecule has 16 heavy (non-hydrogen) atoms. The summed E-state index contributed by atoms with van der Waals surface area (Å²) in [6.45, 7) is 1.36. The molecule has 0 atom stereocenters. The fraction of sp³-hybridized carbons (Fsp3) is 0.100. The Bertz CT molecular complexity index is 510. The van der Waals surface area contributed by atoms with Crippen molar-refractivity contribution in [3.63, 3.8) is 0 Å². The van der Waals surface area contributed by atoms with Gasteiger partial charge >= 0.3 is 0 Å². The Morgan fingerprint density at radius 2 is 2.31 bits per heavy atom. The number of rotatable bonds is 2. The van der Waals surface area contributed by atoms with Gasteiger partial charge in [0.05, 0.1) is 11.3 Å². The fourth-order valence-electron chi connectivity index (χ4n) is 1.38. The largest absolute Gasteiger partial charge is 0.326 e. The molecule has 1 heterocycles. The maximum absolute atomic E-state index is 13.6. The van der Waals surface area contributed by atoms with E-state index in [1.165, 1.54) is 25.4 Å². The molecule has 0 unspecified atom stereocenters. The minimum Gasteiger partial charge on any atom is -0.326 e. The number of aromatic amines is 1. The van der Waals surface area contributed by atoms with Gasteiger partial charge in [0.2, 0.25) is 5.91 Å². The van der Waals surface area contributed by atoms with E-state index in [2.05, 4.69) is 20.5 Å². The Morgan fingerprint density at radius 3 is 2.94 bits per heavy atom. The number of benzene rings is 1. The van der Waals surface area contributed by atoms with Gasteiger partial charge in [-0.05, 0) is 12.1 Å². The quantitative estimate of drug-likeness (QED) is 0.806. The highest BCUT2D eigenvalue weighted by Gasteiger charge is 2.13. The number of aromatic nitrogens is 3. The molecule has 0 saturated heterocycles. The van der Waals surface area contributed by atoms with Crippen LogP contribution in [0.25, 0.3) is 11.4 Å². The lowest BCUT2D eigenvalue weighted by molar-refractivity contribution is -0.114. The molecule has 5 nitrogen and oxygen atoms in total. The Hall–Kier alpha value is -2.24. The summed E-state index contributed by atoms with van der Waals surface area (Å²) in [6.07, 6.45) is 1.28. The molecule has 2 aromatic rings. The first kappa shape index (κ1) is 10.3. The third kappa shape index (κ3) is 1.90. The van der Waals surface area contributed by atoms with E-state index in [1.807, 2.05) is 0 Å². The summed E-state index contributed by atoms with van der Waals surface area (Å²) in [6, 6.07) is 4.41. The molecule has 0 aliphatic heterocycles. The van der Waals surface area contributed by atoms with Crippen molar-refractivity contribution in [3.8, 4) is 11.4 Å². The highest BCUT2D eigenvalue weighted by Crippen LogP contribution is 2.27. The third-order valence-electron chi connectivity index (χ3n) is 1.98. The molecule has 0 radical (unpaired) electrons. The zero-order valence-corrected chi connectivity index (χ0v) is 8.49. The van der Waals surface area contributed by atoms with Crippen molar-refractivity contribution in [2.45, 2.75) is 6.92 Å². The van der Waals surface area contributed by atoms with Crippen molar-refractivity contribution in [2.24, 2.45) is 0 Å². The standard InChI is InChI=1S/C10H9FN4O/c1-6(16)14-8-4-2-3-7(11)9(8)10-12-5-13-15-10/h2-5H,1H3,(H,14,16)(H,12,13,15). The van der Waals surface area contributed by atoms with Gasteiger partial charge in [-0.3, -0.25) is 9.89 Å². The molecule has 2 rings (SSSR count). The van der Waals surface area contributed by atoms with Crippen LogP contribution in [0.2, 0.25) is 0 Å². The SMILES string of the molecule is CC(=O)Nc1cccc(F)c1-c1ncn[nH]1. The van der Waals surface area contributed by atoms with Crippen molar-refractivity contribution in [1.29, 1.82) is 0 Å². The van der Waals surface area contributed by atoms with Gasteiger partial charge in [-0.1, -0.05) is 6.07 Å². The highest BCUT2D eigenvalue weighted by molar-refractivity contribution is 5.93. The molecule has 6 heteroatoms. The molecule has 1 amide bonds. The molecule has 0 saturated carbocycles. The van der Waals surface area contributed by atoms with Gasteiger partial charge in [0, 0.05) is 6.92 Å². The van der Waals surface area contributed by atoms with Gasteiger partial charge in [0.15, 0.2) is 5.82 Å². The number of amides is 1. The first-order valence-electron chi connectivity index (χ1n) is 4.60. The van der Waals surface area contributed by atoms with E-state index in [0.29, 0.717) is 5.69 Å². The van der Waals surface area contributed by atoms with Crippen LogP contribution in [-0.2, 0) is 4.79 Å². The highest BCUT2D eigenvalue weighted by atomic mass is 19.1. The first-order valence-corrected chi connectivity index (χ1v) is 4.60. The predicted octanol–water partition coefficient (Wildman–Crippen LogP) is 1.57. The Balaban J connectivity index is 2.53. The van der Waals surface area contributed by atoms with E-state index in [0.717, 1.165) is 0 Å². The van der Waals surface area contributed by atoms with Gasteiger partial charge in [-0.25, -0.2) is 9.37 Å². The fourth-order valence-corrected chi connectivity index (χ4v) is 1.38. The number of halogens is 1. The normalized spacial score (nSPS) is 10.1. The second-order valence-corrected chi connectivity index (χ2v) is 3.18. The average molecular weight is 220 g/mol. The summed E-state index contributed by atoms with van der Waals surface area (Å²) < 4.78 is 13.6. The first-order chi connectivity index (χ1) is 7.68. The second-order valence-electron chi connectivity index (χ2n) is 3.18. The van der Waals surface area contributed by atoms with E-state index in [9.17, 15) is 9.18 Å². The van der Waals surface area contributed by atoms with Crippen molar-refractivity contribution < 1.29 is 9.18 Å².